The smallest absolute Gasteiger partial charge is 0.319 e. The fourth-order valence-electron chi connectivity index (χ4n) is 2.58. The molecule has 1 heterocycles. The molecule has 2 N–H and O–H groups in total. The highest BCUT2D eigenvalue weighted by molar-refractivity contribution is 5.89. The van der Waals surface area contributed by atoms with Gasteiger partial charge in [-0.2, -0.15) is 0 Å². The Balaban J connectivity index is 1.47. The molecule has 0 saturated carbocycles. The summed E-state index contributed by atoms with van der Waals surface area (Å²) < 4.78 is 11.3. The normalized spacial score (nSPS) is 16.6. The summed E-state index contributed by atoms with van der Waals surface area (Å²) in [6, 6.07) is 16.9. The van der Waals surface area contributed by atoms with E-state index in [-0.39, 0.29) is 12.1 Å². The average Bonchev–Trinajstić information content (AvgIpc) is 3.13. The highest BCUT2D eigenvalue weighted by atomic mass is 16.5. The van der Waals surface area contributed by atoms with Gasteiger partial charge in [0.2, 0.25) is 0 Å². The first kappa shape index (κ1) is 16.3. The van der Waals surface area contributed by atoms with Gasteiger partial charge in [-0.15, -0.1) is 0 Å². The zero-order chi connectivity index (χ0) is 16.6. The number of hydrogen-bond donors (Lipinski definition) is 2. The van der Waals surface area contributed by atoms with Gasteiger partial charge in [0.15, 0.2) is 0 Å². The number of amides is 2. The molecular weight excluding hydrogens is 304 g/mol. The summed E-state index contributed by atoms with van der Waals surface area (Å²) in [4.78, 5) is 12.0. The molecule has 1 unspecified atom stereocenters. The summed E-state index contributed by atoms with van der Waals surface area (Å²) in [5.41, 5.74) is 1.76. The van der Waals surface area contributed by atoms with E-state index < -0.39 is 0 Å². The van der Waals surface area contributed by atoms with E-state index in [4.69, 9.17) is 9.47 Å². The quantitative estimate of drug-likeness (QED) is 0.853. The molecule has 0 bridgehead atoms. The molecule has 3 rings (SSSR count). The molecule has 2 aromatic rings. The lowest BCUT2D eigenvalue weighted by Gasteiger charge is -2.13. The van der Waals surface area contributed by atoms with Crippen LogP contribution in [0.1, 0.15) is 18.4 Å². The molecule has 0 spiro atoms. The third-order valence-electron chi connectivity index (χ3n) is 3.85. The lowest BCUT2D eigenvalue weighted by Crippen LogP contribution is -2.28. The summed E-state index contributed by atoms with van der Waals surface area (Å²) in [7, 11) is 0. The SMILES string of the molecule is O=C(NCc1ccccc1)Nc1cccc(OCC2CCCO2)c1. The molecule has 0 radical (unpaired) electrons. The maximum atomic E-state index is 12.0. The third-order valence-corrected chi connectivity index (χ3v) is 3.85. The molecule has 1 fully saturated rings. The Bertz CT molecular complexity index is 655. The molecule has 5 nitrogen and oxygen atoms in total. The van der Waals surface area contributed by atoms with E-state index in [2.05, 4.69) is 10.6 Å². The van der Waals surface area contributed by atoms with Gasteiger partial charge in [0, 0.05) is 24.9 Å². The molecule has 0 aromatic heterocycles. The topological polar surface area (TPSA) is 59.6 Å². The fourth-order valence-corrected chi connectivity index (χ4v) is 2.58. The molecule has 1 saturated heterocycles. The van der Waals surface area contributed by atoms with Crippen LogP contribution in [0.2, 0.25) is 0 Å². The number of nitrogens with one attached hydrogen (secondary N) is 2. The minimum Gasteiger partial charge on any atom is -0.491 e. The monoisotopic (exact) mass is 326 g/mol. The van der Waals surface area contributed by atoms with Crippen molar-refractivity contribution in [2.24, 2.45) is 0 Å². The van der Waals surface area contributed by atoms with Crippen molar-refractivity contribution >= 4 is 11.7 Å². The van der Waals surface area contributed by atoms with Gasteiger partial charge in [-0.1, -0.05) is 36.4 Å². The fraction of sp³-hybridized carbons (Fsp3) is 0.316. The van der Waals surface area contributed by atoms with Crippen molar-refractivity contribution in [3.8, 4) is 5.75 Å². The number of benzene rings is 2. The van der Waals surface area contributed by atoms with E-state index in [9.17, 15) is 4.79 Å². The van der Waals surface area contributed by atoms with Gasteiger partial charge in [0.05, 0.1) is 6.10 Å². The maximum absolute atomic E-state index is 12.0. The molecule has 2 amide bonds. The molecule has 126 valence electrons. The lowest BCUT2D eigenvalue weighted by atomic mass is 10.2. The largest absolute Gasteiger partial charge is 0.491 e. The van der Waals surface area contributed by atoms with Crippen molar-refractivity contribution in [3.05, 3.63) is 60.2 Å². The van der Waals surface area contributed by atoms with Gasteiger partial charge in [-0.3, -0.25) is 0 Å². The van der Waals surface area contributed by atoms with Crippen LogP contribution >= 0.6 is 0 Å². The van der Waals surface area contributed by atoms with E-state index in [1.807, 2.05) is 54.6 Å². The van der Waals surface area contributed by atoms with E-state index in [0.717, 1.165) is 30.8 Å². The Morgan fingerprint density at radius 1 is 1.17 bits per heavy atom. The Kier molecular flexibility index (Phi) is 5.69. The van der Waals surface area contributed by atoms with Crippen molar-refractivity contribution in [1.82, 2.24) is 5.32 Å². The van der Waals surface area contributed by atoms with Gasteiger partial charge < -0.3 is 20.1 Å². The van der Waals surface area contributed by atoms with Crippen LogP contribution in [0.15, 0.2) is 54.6 Å². The van der Waals surface area contributed by atoms with E-state index >= 15 is 0 Å². The molecule has 1 aliphatic heterocycles. The van der Waals surface area contributed by atoms with Crippen LogP contribution in [-0.2, 0) is 11.3 Å². The van der Waals surface area contributed by atoms with Crippen LogP contribution in [0.3, 0.4) is 0 Å². The molecule has 1 atom stereocenters. The summed E-state index contributed by atoms with van der Waals surface area (Å²) in [6.07, 6.45) is 2.31. The molecule has 5 heteroatoms. The van der Waals surface area contributed by atoms with Crippen LogP contribution in [0.5, 0.6) is 5.75 Å². The third kappa shape index (κ3) is 4.99. The molecule has 24 heavy (non-hydrogen) atoms. The van der Waals surface area contributed by atoms with Crippen molar-refractivity contribution in [2.45, 2.75) is 25.5 Å². The maximum Gasteiger partial charge on any atom is 0.319 e. The molecule has 0 aliphatic carbocycles. The molecular formula is C19H22N2O3. The first-order valence-corrected chi connectivity index (χ1v) is 8.23. The number of carbonyl (C=O) groups is 1. The Morgan fingerprint density at radius 2 is 2.04 bits per heavy atom. The predicted molar refractivity (Wildman–Crippen MR) is 93.2 cm³/mol. The van der Waals surface area contributed by atoms with Crippen LogP contribution < -0.4 is 15.4 Å². The van der Waals surface area contributed by atoms with Crippen LogP contribution in [0.25, 0.3) is 0 Å². The van der Waals surface area contributed by atoms with Crippen LogP contribution in [-0.4, -0.2) is 25.3 Å². The average molecular weight is 326 g/mol. The molecule has 2 aromatic carbocycles. The second kappa shape index (κ2) is 8.36. The van der Waals surface area contributed by atoms with E-state index in [1.54, 1.807) is 0 Å². The standard InChI is InChI=1S/C19H22N2O3/c22-19(20-13-15-6-2-1-3-7-15)21-16-8-4-9-17(12-16)24-14-18-10-5-11-23-18/h1-4,6-9,12,18H,5,10-11,13-14H2,(H2,20,21,22). The minimum absolute atomic E-state index is 0.177. The second-order valence-electron chi connectivity index (χ2n) is 5.77. The van der Waals surface area contributed by atoms with E-state index in [1.165, 1.54) is 0 Å². The van der Waals surface area contributed by atoms with Crippen molar-refractivity contribution in [3.63, 3.8) is 0 Å². The summed E-state index contributed by atoms with van der Waals surface area (Å²) in [5.74, 6) is 0.728. The van der Waals surface area contributed by atoms with Gasteiger partial charge in [0.1, 0.15) is 12.4 Å². The van der Waals surface area contributed by atoms with Crippen LogP contribution in [0.4, 0.5) is 10.5 Å². The summed E-state index contributed by atoms with van der Waals surface area (Å²) >= 11 is 0. The Morgan fingerprint density at radius 3 is 2.83 bits per heavy atom. The highest BCUT2D eigenvalue weighted by Crippen LogP contribution is 2.19. The minimum atomic E-state index is -0.241. The first-order valence-electron chi connectivity index (χ1n) is 8.23. The van der Waals surface area contributed by atoms with Crippen molar-refractivity contribution in [2.75, 3.05) is 18.5 Å². The van der Waals surface area contributed by atoms with Gasteiger partial charge in [0.25, 0.3) is 0 Å². The second-order valence-corrected chi connectivity index (χ2v) is 5.77. The Hall–Kier alpha value is -2.53. The van der Waals surface area contributed by atoms with Gasteiger partial charge in [-0.05, 0) is 30.5 Å². The van der Waals surface area contributed by atoms with E-state index in [0.29, 0.717) is 18.8 Å². The summed E-state index contributed by atoms with van der Waals surface area (Å²) in [5, 5.41) is 5.65. The first-order chi connectivity index (χ1) is 11.8. The number of rotatable bonds is 6. The van der Waals surface area contributed by atoms with Gasteiger partial charge in [-0.25, -0.2) is 4.79 Å². The zero-order valence-corrected chi connectivity index (χ0v) is 13.5. The van der Waals surface area contributed by atoms with Gasteiger partial charge >= 0.3 is 6.03 Å². The zero-order valence-electron chi connectivity index (χ0n) is 13.5. The number of ether oxygens (including phenoxy) is 2. The van der Waals surface area contributed by atoms with Crippen LogP contribution in [0, 0.1) is 0 Å². The summed E-state index contributed by atoms with van der Waals surface area (Å²) in [6.45, 7) is 1.85. The number of hydrogen-bond acceptors (Lipinski definition) is 3. The number of anilines is 1. The lowest BCUT2D eigenvalue weighted by molar-refractivity contribution is 0.0680. The predicted octanol–water partition coefficient (Wildman–Crippen LogP) is 3.57. The highest BCUT2D eigenvalue weighted by Gasteiger charge is 2.16. The number of carbonyl (C=O) groups excluding carboxylic acids is 1. The molecule has 1 aliphatic rings. The van der Waals surface area contributed by atoms with Crippen molar-refractivity contribution < 1.29 is 14.3 Å². The Labute approximate surface area is 142 Å². The van der Waals surface area contributed by atoms with Crippen molar-refractivity contribution in [1.29, 1.82) is 0 Å². The number of urea groups is 1.